The van der Waals surface area contributed by atoms with Crippen molar-refractivity contribution in [2.45, 2.75) is 136 Å². The number of rotatable bonds is 26. The number of ether oxygens (including phenoxy) is 2. The van der Waals surface area contributed by atoms with Gasteiger partial charge in [-0.15, -0.1) is 10.2 Å². The van der Waals surface area contributed by atoms with E-state index >= 15 is 0 Å². The topological polar surface area (TPSA) is 276 Å². The molecular formula is C62H79N9O11. The standard InChI is InChI=1S/C62H79N9O11/c1-9-63-59(78)55-69-68-54(46-33-45(39(6)7)51(72)34-52(46)73)71(55)44-23-21-43(22-24-44)60(79)70-28-26-42(27-29-70)35-81-61(80)67-47(25-20-40-16-12-10-13-17-40)56(75)65-49(31-38(4)5)57(76)66-50(32-41-18-14-11-15-19-41)58(77)64-48(30-37(2)3)53(74)62(8)36-82-62/h10-19,21-24,33-34,37-39,42,47-50,72-73H,9,20,25-32,35-36H2,1-8H3,(H,63,78)(H,64,77)(H,65,75)(H,66,76)(H,67,80)/t47-,48-,49-,50-,62+/m0/s1. The summed E-state index contributed by atoms with van der Waals surface area (Å²) in [4.78, 5) is 98.9. The number of phenolic OH excluding ortho intramolecular Hbond substituents is 2. The van der Waals surface area contributed by atoms with E-state index in [4.69, 9.17) is 9.47 Å². The van der Waals surface area contributed by atoms with Crippen LogP contribution in [0.15, 0.2) is 97.1 Å². The van der Waals surface area contributed by atoms with Crippen LogP contribution in [0.1, 0.15) is 131 Å². The first kappa shape index (κ1) is 61.5. The molecule has 0 aliphatic carbocycles. The lowest BCUT2D eigenvalue weighted by atomic mass is 9.93. The molecule has 5 atom stereocenters. The number of Topliss-reactive ketones (excluding diaryl/α,β-unsaturated/α-hetero) is 1. The van der Waals surface area contributed by atoms with E-state index in [0.29, 0.717) is 62.1 Å². The van der Waals surface area contributed by atoms with E-state index in [1.807, 2.05) is 102 Å². The average molecular weight is 1130 g/mol. The molecule has 3 heterocycles. The summed E-state index contributed by atoms with van der Waals surface area (Å²) in [7, 11) is 0. The SMILES string of the molecule is CCNC(=O)c1nnc(-c2cc(C(C)C)c(O)cc2O)n1-c1ccc(C(=O)N2CCC(COC(=O)N[C@@H](CCc3ccccc3)C(=O)N[C@@H](CC(C)C)C(=O)N[C@@H](Cc3ccccc3)C(=O)N[C@@H](CC(C)C)C(=O)[C@@]3(C)CO3)CC2)cc1. The summed E-state index contributed by atoms with van der Waals surface area (Å²) >= 11 is 0. The van der Waals surface area contributed by atoms with Crippen molar-refractivity contribution in [2.75, 3.05) is 32.8 Å². The maximum absolute atomic E-state index is 14.4. The number of ketones is 1. The van der Waals surface area contributed by atoms with Crippen LogP contribution < -0.4 is 26.6 Å². The van der Waals surface area contributed by atoms with Crippen molar-refractivity contribution in [1.29, 1.82) is 0 Å². The fraction of sp³-hybridized carbons (Fsp3) is 0.468. The van der Waals surface area contributed by atoms with Crippen LogP contribution in [0.3, 0.4) is 0 Å². The van der Waals surface area contributed by atoms with Crippen LogP contribution in [0.25, 0.3) is 17.1 Å². The summed E-state index contributed by atoms with van der Waals surface area (Å²) in [5.41, 5.74) is 2.39. The Balaban J connectivity index is 0.984. The van der Waals surface area contributed by atoms with Crippen molar-refractivity contribution in [1.82, 2.24) is 46.2 Å². The van der Waals surface area contributed by atoms with Crippen molar-refractivity contribution < 1.29 is 53.2 Å². The number of carbonyl (C=O) groups excluding carboxylic acids is 7. The predicted octanol–water partition coefficient (Wildman–Crippen LogP) is 6.95. The molecule has 2 fully saturated rings. The summed E-state index contributed by atoms with van der Waals surface area (Å²) in [6.07, 6.45) is 1.52. The molecule has 4 aromatic carbocycles. The molecule has 1 aromatic heterocycles. The van der Waals surface area contributed by atoms with Crippen LogP contribution in [0, 0.1) is 17.8 Å². The minimum Gasteiger partial charge on any atom is -0.508 e. The molecule has 82 heavy (non-hydrogen) atoms. The summed E-state index contributed by atoms with van der Waals surface area (Å²) in [6.45, 7) is 16.4. The first-order valence-electron chi connectivity index (χ1n) is 28.4. The smallest absolute Gasteiger partial charge is 0.407 e. The summed E-state index contributed by atoms with van der Waals surface area (Å²) in [6, 6.07) is 23.9. The second-order valence-corrected chi connectivity index (χ2v) is 22.7. The van der Waals surface area contributed by atoms with Gasteiger partial charge in [0, 0.05) is 43.4 Å². The third-order valence-corrected chi connectivity index (χ3v) is 14.8. The highest BCUT2D eigenvalue weighted by Gasteiger charge is 2.50. The van der Waals surface area contributed by atoms with Gasteiger partial charge in [0.05, 0.1) is 24.8 Å². The highest BCUT2D eigenvalue weighted by Crippen LogP contribution is 2.38. The summed E-state index contributed by atoms with van der Waals surface area (Å²) < 4.78 is 12.7. The van der Waals surface area contributed by atoms with Gasteiger partial charge >= 0.3 is 6.09 Å². The molecule has 7 rings (SSSR count). The number of carbonyl (C=O) groups is 7. The van der Waals surface area contributed by atoms with Gasteiger partial charge in [-0.1, -0.05) is 102 Å². The van der Waals surface area contributed by atoms with Gasteiger partial charge in [-0.05, 0) is 123 Å². The predicted molar refractivity (Wildman–Crippen MR) is 308 cm³/mol. The number of epoxide rings is 1. The van der Waals surface area contributed by atoms with Crippen LogP contribution in [-0.4, -0.2) is 134 Å². The van der Waals surface area contributed by atoms with Crippen molar-refractivity contribution in [2.24, 2.45) is 17.8 Å². The number of alkyl carbamates (subject to hydrolysis) is 1. The third kappa shape index (κ3) is 16.3. The lowest BCUT2D eigenvalue weighted by Gasteiger charge is -2.32. The number of hydrogen-bond donors (Lipinski definition) is 7. The number of amides is 6. The zero-order chi connectivity index (χ0) is 59.3. The third-order valence-electron chi connectivity index (χ3n) is 14.8. The van der Waals surface area contributed by atoms with Crippen LogP contribution >= 0.6 is 0 Å². The number of likely N-dealkylation sites (tertiary alicyclic amines) is 1. The zero-order valence-corrected chi connectivity index (χ0v) is 48.2. The largest absolute Gasteiger partial charge is 0.508 e. The number of aromatic hydroxyl groups is 2. The van der Waals surface area contributed by atoms with Crippen LogP contribution in [0.5, 0.6) is 11.5 Å². The number of nitrogens with one attached hydrogen (secondary N) is 5. The van der Waals surface area contributed by atoms with Gasteiger partial charge in [-0.3, -0.25) is 33.3 Å². The van der Waals surface area contributed by atoms with Crippen LogP contribution in [0.4, 0.5) is 4.79 Å². The van der Waals surface area contributed by atoms with Gasteiger partial charge in [0.2, 0.25) is 23.5 Å². The number of hydrogen-bond acceptors (Lipinski definition) is 13. The monoisotopic (exact) mass is 1130 g/mol. The Hall–Kier alpha value is -8.13. The Morgan fingerprint density at radius 1 is 0.707 bits per heavy atom. The Labute approximate surface area is 479 Å². The van der Waals surface area contributed by atoms with E-state index in [9.17, 15) is 43.8 Å². The molecule has 7 N–H and O–H groups in total. The normalized spacial score (nSPS) is 16.6. The fourth-order valence-electron chi connectivity index (χ4n) is 10.1. The Morgan fingerprint density at radius 3 is 1.88 bits per heavy atom. The van der Waals surface area contributed by atoms with Crippen LogP contribution in [0.2, 0.25) is 0 Å². The molecule has 0 saturated carbocycles. The van der Waals surface area contributed by atoms with Crippen molar-refractivity contribution in [3.8, 4) is 28.6 Å². The van der Waals surface area contributed by atoms with E-state index in [1.54, 1.807) is 49.1 Å². The van der Waals surface area contributed by atoms with E-state index in [1.165, 1.54) is 10.6 Å². The van der Waals surface area contributed by atoms with Gasteiger partial charge in [-0.2, -0.15) is 0 Å². The Kier molecular flexibility index (Phi) is 21.0. The Bertz CT molecular complexity index is 3030. The number of phenols is 2. The molecule has 2 saturated heterocycles. The Morgan fingerprint density at radius 2 is 1.28 bits per heavy atom. The zero-order valence-electron chi connectivity index (χ0n) is 48.2. The molecule has 0 radical (unpaired) electrons. The lowest BCUT2D eigenvalue weighted by molar-refractivity contribution is -0.134. The van der Waals surface area contributed by atoms with Gasteiger partial charge in [0.1, 0.15) is 35.2 Å². The maximum Gasteiger partial charge on any atom is 0.407 e. The van der Waals surface area contributed by atoms with Gasteiger partial charge in [-0.25, -0.2) is 4.79 Å². The average Bonchev–Trinajstić information content (AvgIpc) is 4.12. The van der Waals surface area contributed by atoms with E-state index in [2.05, 4.69) is 36.8 Å². The van der Waals surface area contributed by atoms with E-state index < -0.39 is 59.5 Å². The molecule has 2 aliphatic heterocycles. The molecule has 5 aromatic rings. The fourth-order valence-corrected chi connectivity index (χ4v) is 10.1. The number of benzene rings is 4. The van der Waals surface area contributed by atoms with E-state index in [0.717, 1.165) is 11.1 Å². The van der Waals surface area contributed by atoms with Crippen molar-refractivity contribution >= 4 is 41.4 Å². The maximum atomic E-state index is 14.4. The van der Waals surface area contributed by atoms with Crippen molar-refractivity contribution in [3.05, 3.63) is 125 Å². The highest BCUT2D eigenvalue weighted by molar-refractivity contribution is 5.99. The molecule has 0 unspecified atom stereocenters. The molecule has 0 bridgehead atoms. The van der Waals surface area contributed by atoms with Crippen LogP contribution in [-0.2, 0) is 41.5 Å². The molecule has 20 nitrogen and oxygen atoms in total. The number of aromatic nitrogens is 3. The molecule has 0 spiro atoms. The second kappa shape index (κ2) is 28.0. The number of nitrogens with zero attached hydrogens (tertiary/aromatic N) is 4. The second-order valence-electron chi connectivity index (χ2n) is 22.7. The molecular weight excluding hydrogens is 1050 g/mol. The molecule has 20 heteroatoms. The minimum absolute atomic E-state index is 0.0270. The molecule has 2 aliphatic rings. The first-order chi connectivity index (χ1) is 39.1. The molecule has 438 valence electrons. The number of aryl methyl sites for hydroxylation is 1. The van der Waals surface area contributed by atoms with Gasteiger partial charge in [0.15, 0.2) is 11.6 Å². The lowest BCUT2D eigenvalue weighted by Crippen LogP contribution is -2.59. The van der Waals surface area contributed by atoms with Crippen molar-refractivity contribution in [3.63, 3.8) is 0 Å². The summed E-state index contributed by atoms with van der Waals surface area (Å²) in [5, 5.41) is 44.1. The highest BCUT2D eigenvalue weighted by atomic mass is 16.6. The quantitative estimate of drug-likeness (QED) is 0.0277. The van der Waals surface area contributed by atoms with Gasteiger partial charge < -0.3 is 51.2 Å². The summed E-state index contributed by atoms with van der Waals surface area (Å²) in [5.74, 6) is -3.11. The minimum atomic E-state index is -1.12. The van der Waals surface area contributed by atoms with E-state index in [-0.39, 0.29) is 96.5 Å². The number of piperidine rings is 1. The first-order valence-corrected chi connectivity index (χ1v) is 28.4. The van der Waals surface area contributed by atoms with Gasteiger partial charge in [0.25, 0.3) is 11.8 Å². The molecule has 6 amide bonds.